The number of nitrogens with zero attached hydrogens (tertiary/aromatic N) is 2. The summed E-state index contributed by atoms with van der Waals surface area (Å²) in [6, 6.07) is 6.58. The largest absolute Gasteiger partial charge is 0.361 e. The van der Waals surface area contributed by atoms with Crippen molar-refractivity contribution in [3.8, 4) is 0 Å². The van der Waals surface area contributed by atoms with Crippen LogP contribution in [0.1, 0.15) is 31.9 Å². The highest BCUT2D eigenvalue weighted by Crippen LogP contribution is 2.19. The first-order valence-corrected chi connectivity index (χ1v) is 9.54. The second-order valence-electron chi connectivity index (χ2n) is 8.14. The van der Waals surface area contributed by atoms with Crippen LogP contribution in [0.5, 0.6) is 0 Å². The Morgan fingerprint density at radius 2 is 2.00 bits per heavy atom. The Labute approximate surface area is 158 Å². The molecule has 0 atom stereocenters. The van der Waals surface area contributed by atoms with Gasteiger partial charge >= 0.3 is 0 Å². The van der Waals surface area contributed by atoms with Crippen molar-refractivity contribution in [3.05, 3.63) is 35.5 Å². The van der Waals surface area contributed by atoms with Gasteiger partial charge in [0.25, 0.3) is 0 Å². The number of hydrogen-bond donors (Lipinski definition) is 3. The van der Waals surface area contributed by atoms with Gasteiger partial charge in [-0.25, -0.2) is 0 Å². The number of guanidine groups is 1. The molecule has 0 fully saturated rings. The maximum atomic E-state index is 4.79. The van der Waals surface area contributed by atoms with E-state index in [-0.39, 0.29) is 5.41 Å². The lowest BCUT2D eigenvalue weighted by molar-refractivity contribution is 0.248. The van der Waals surface area contributed by atoms with Gasteiger partial charge in [0.1, 0.15) is 0 Å². The number of hydrogen-bond acceptors (Lipinski definition) is 2. The van der Waals surface area contributed by atoms with Crippen LogP contribution in [0.15, 0.2) is 29.4 Å². The van der Waals surface area contributed by atoms with Crippen molar-refractivity contribution < 1.29 is 0 Å². The van der Waals surface area contributed by atoms with Crippen LogP contribution >= 0.6 is 0 Å². The molecule has 0 aliphatic rings. The SMILES string of the molecule is CCNC(=NCC(C)(C)CN(C)C)NCCc1c[nH]c2cc(C)ccc12. The summed E-state index contributed by atoms with van der Waals surface area (Å²) in [4.78, 5) is 10.4. The van der Waals surface area contributed by atoms with Gasteiger partial charge in [-0.3, -0.25) is 4.99 Å². The van der Waals surface area contributed by atoms with Crippen LogP contribution in [0, 0.1) is 12.3 Å². The lowest BCUT2D eigenvalue weighted by Gasteiger charge is -2.26. The van der Waals surface area contributed by atoms with E-state index in [4.69, 9.17) is 4.99 Å². The highest BCUT2D eigenvalue weighted by atomic mass is 15.2. The van der Waals surface area contributed by atoms with Gasteiger partial charge < -0.3 is 20.5 Å². The molecule has 1 aromatic carbocycles. The van der Waals surface area contributed by atoms with Gasteiger partial charge in [0.15, 0.2) is 5.96 Å². The molecule has 144 valence electrons. The third-order valence-electron chi connectivity index (χ3n) is 4.36. The van der Waals surface area contributed by atoms with Crippen molar-refractivity contribution in [2.45, 2.75) is 34.1 Å². The average molecular weight is 358 g/mol. The van der Waals surface area contributed by atoms with Gasteiger partial charge in [-0.1, -0.05) is 26.0 Å². The van der Waals surface area contributed by atoms with Crippen LogP contribution in [0.2, 0.25) is 0 Å². The van der Waals surface area contributed by atoms with E-state index in [1.165, 1.54) is 22.0 Å². The number of aliphatic imine (C=N–C) groups is 1. The Kier molecular flexibility index (Phi) is 7.09. The van der Waals surface area contributed by atoms with Gasteiger partial charge in [-0.2, -0.15) is 0 Å². The smallest absolute Gasteiger partial charge is 0.191 e. The maximum absolute atomic E-state index is 4.79. The summed E-state index contributed by atoms with van der Waals surface area (Å²) < 4.78 is 0. The minimum absolute atomic E-state index is 0.153. The van der Waals surface area contributed by atoms with E-state index < -0.39 is 0 Å². The van der Waals surface area contributed by atoms with Gasteiger partial charge in [0, 0.05) is 43.3 Å². The maximum Gasteiger partial charge on any atom is 0.191 e. The van der Waals surface area contributed by atoms with E-state index in [0.717, 1.165) is 38.6 Å². The predicted octanol–water partition coefficient (Wildman–Crippen LogP) is 3.16. The molecule has 5 heteroatoms. The second kappa shape index (κ2) is 9.08. The fourth-order valence-corrected chi connectivity index (χ4v) is 3.36. The van der Waals surface area contributed by atoms with Gasteiger partial charge in [0.05, 0.1) is 0 Å². The minimum atomic E-state index is 0.153. The van der Waals surface area contributed by atoms with Crippen molar-refractivity contribution in [1.82, 2.24) is 20.5 Å². The third kappa shape index (κ3) is 6.06. The van der Waals surface area contributed by atoms with E-state index in [1.807, 2.05) is 0 Å². The Morgan fingerprint density at radius 1 is 1.23 bits per heavy atom. The molecule has 0 amide bonds. The standard InChI is InChI=1S/C21H35N5/c1-7-22-20(25-14-21(3,4)15-26(5)6)23-11-10-17-13-24-19-12-16(2)8-9-18(17)19/h8-9,12-13,24H,7,10-11,14-15H2,1-6H3,(H2,22,23,25). The normalized spacial score (nSPS) is 12.8. The van der Waals surface area contributed by atoms with E-state index in [1.54, 1.807) is 0 Å². The predicted molar refractivity (Wildman–Crippen MR) is 113 cm³/mol. The number of H-pyrrole nitrogens is 1. The molecule has 0 bridgehead atoms. The molecule has 0 saturated heterocycles. The molecule has 0 aliphatic heterocycles. The van der Waals surface area contributed by atoms with Crippen LogP contribution in [0.4, 0.5) is 0 Å². The number of aromatic amines is 1. The van der Waals surface area contributed by atoms with Gasteiger partial charge in [-0.05, 0) is 57.0 Å². The Morgan fingerprint density at radius 3 is 2.69 bits per heavy atom. The Hall–Kier alpha value is -2.01. The van der Waals surface area contributed by atoms with Gasteiger partial charge in [0.2, 0.25) is 0 Å². The second-order valence-corrected chi connectivity index (χ2v) is 8.14. The third-order valence-corrected chi connectivity index (χ3v) is 4.36. The van der Waals surface area contributed by atoms with E-state index in [0.29, 0.717) is 0 Å². The monoisotopic (exact) mass is 357 g/mol. The first-order valence-electron chi connectivity index (χ1n) is 9.54. The topological polar surface area (TPSA) is 55.5 Å². The van der Waals surface area contributed by atoms with Crippen LogP contribution in [-0.4, -0.2) is 56.1 Å². The lowest BCUT2D eigenvalue weighted by Crippen LogP contribution is -2.40. The summed E-state index contributed by atoms with van der Waals surface area (Å²) >= 11 is 0. The first-order chi connectivity index (χ1) is 12.3. The first kappa shape index (κ1) is 20.3. The number of fused-ring (bicyclic) bond motifs is 1. The molecule has 0 spiro atoms. The minimum Gasteiger partial charge on any atom is -0.361 e. The molecule has 0 unspecified atom stereocenters. The van der Waals surface area contributed by atoms with Crippen LogP contribution in [-0.2, 0) is 6.42 Å². The zero-order chi connectivity index (χ0) is 19.2. The average Bonchev–Trinajstić information content (AvgIpc) is 2.93. The van der Waals surface area contributed by atoms with Crippen LogP contribution in [0.3, 0.4) is 0 Å². The van der Waals surface area contributed by atoms with Crippen molar-refractivity contribution in [2.24, 2.45) is 10.4 Å². The van der Waals surface area contributed by atoms with E-state index in [9.17, 15) is 0 Å². The molecule has 0 aliphatic carbocycles. The summed E-state index contributed by atoms with van der Waals surface area (Å²) in [7, 11) is 4.22. The van der Waals surface area contributed by atoms with Crippen molar-refractivity contribution in [1.29, 1.82) is 0 Å². The van der Waals surface area contributed by atoms with E-state index in [2.05, 4.69) is 86.7 Å². The Bertz CT molecular complexity index is 727. The van der Waals surface area contributed by atoms with Crippen molar-refractivity contribution in [3.63, 3.8) is 0 Å². The molecule has 0 radical (unpaired) electrons. The highest BCUT2D eigenvalue weighted by molar-refractivity contribution is 5.84. The zero-order valence-corrected chi connectivity index (χ0v) is 17.2. The van der Waals surface area contributed by atoms with Crippen molar-refractivity contribution in [2.75, 3.05) is 40.3 Å². The molecular formula is C21H35N5. The zero-order valence-electron chi connectivity index (χ0n) is 17.2. The molecule has 26 heavy (non-hydrogen) atoms. The summed E-state index contributed by atoms with van der Waals surface area (Å²) in [6.45, 7) is 12.3. The fraction of sp³-hybridized carbons (Fsp3) is 0.571. The van der Waals surface area contributed by atoms with Gasteiger partial charge in [-0.15, -0.1) is 0 Å². The summed E-state index contributed by atoms with van der Waals surface area (Å²) in [5, 5.41) is 8.13. The lowest BCUT2D eigenvalue weighted by atomic mass is 9.93. The summed E-state index contributed by atoms with van der Waals surface area (Å²) in [5.41, 5.74) is 3.99. The molecular weight excluding hydrogens is 322 g/mol. The highest BCUT2D eigenvalue weighted by Gasteiger charge is 2.18. The Balaban J connectivity index is 1.94. The molecule has 5 nitrogen and oxygen atoms in total. The van der Waals surface area contributed by atoms with Crippen LogP contribution in [0.25, 0.3) is 10.9 Å². The number of nitrogens with one attached hydrogen (secondary N) is 3. The molecule has 3 N–H and O–H groups in total. The van der Waals surface area contributed by atoms with Crippen LogP contribution < -0.4 is 10.6 Å². The number of aromatic nitrogens is 1. The quantitative estimate of drug-likeness (QED) is 0.502. The molecule has 2 rings (SSSR count). The molecule has 1 aromatic heterocycles. The number of aryl methyl sites for hydroxylation is 1. The van der Waals surface area contributed by atoms with Crippen molar-refractivity contribution >= 4 is 16.9 Å². The summed E-state index contributed by atoms with van der Waals surface area (Å²) in [5.74, 6) is 0.898. The number of rotatable bonds is 8. The molecule has 2 aromatic rings. The van der Waals surface area contributed by atoms with E-state index >= 15 is 0 Å². The summed E-state index contributed by atoms with van der Waals surface area (Å²) in [6.07, 6.45) is 3.09. The fourth-order valence-electron chi connectivity index (χ4n) is 3.36. The number of benzene rings is 1. The molecule has 0 saturated carbocycles. The molecule has 1 heterocycles.